The quantitative estimate of drug-likeness (QED) is 0.613. The molecular weight excluding hydrogens is 387 g/mol. The number of carbonyl (C=O) groups is 1. The molecule has 30 heavy (non-hydrogen) atoms. The predicted molar refractivity (Wildman–Crippen MR) is 113 cm³/mol. The molecule has 0 bridgehead atoms. The summed E-state index contributed by atoms with van der Waals surface area (Å²) in [6.45, 7) is 8.65. The molecule has 0 aliphatic rings. The number of fused-ring (bicyclic) bond motifs is 1. The maximum Gasteiger partial charge on any atom is 0.253 e. The minimum absolute atomic E-state index is 0.0306. The van der Waals surface area contributed by atoms with Gasteiger partial charge in [0.1, 0.15) is 17.0 Å². The zero-order chi connectivity index (χ0) is 22.0. The van der Waals surface area contributed by atoms with Crippen molar-refractivity contribution in [2.24, 2.45) is 0 Å². The van der Waals surface area contributed by atoms with Gasteiger partial charge >= 0.3 is 0 Å². The summed E-state index contributed by atoms with van der Waals surface area (Å²) < 4.78 is 20.2. The molecule has 0 saturated carbocycles. The number of ether oxygens (including phenoxy) is 1. The van der Waals surface area contributed by atoms with E-state index >= 15 is 0 Å². The van der Waals surface area contributed by atoms with E-state index in [2.05, 4.69) is 10.3 Å². The van der Waals surface area contributed by atoms with Crippen LogP contribution < -0.4 is 10.1 Å². The first-order valence-electron chi connectivity index (χ1n) is 9.95. The Bertz CT molecular complexity index is 1050. The topological polar surface area (TPSA) is 89.3 Å². The first-order chi connectivity index (χ1) is 14.2. The number of alkyl halides is 1. The highest BCUT2D eigenvalue weighted by molar-refractivity contribution is 5.99. The van der Waals surface area contributed by atoms with Gasteiger partial charge in [0.2, 0.25) is 6.36 Å². The molecule has 8 heteroatoms. The molecule has 3 atom stereocenters. The third kappa shape index (κ3) is 4.59. The summed E-state index contributed by atoms with van der Waals surface area (Å²) in [5, 5.41) is 17.1. The lowest BCUT2D eigenvalue weighted by Gasteiger charge is -2.16. The molecule has 2 N–H and O–H groups in total. The number of nitrogens with one attached hydrogen (secondary N) is 1. The molecule has 0 spiro atoms. The van der Waals surface area contributed by atoms with Crippen LogP contribution in [-0.4, -0.2) is 44.3 Å². The number of amides is 1. The van der Waals surface area contributed by atoms with Crippen LogP contribution in [0.3, 0.4) is 0 Å². The third-order valence-corrected chi connectivity index (χ3v) is 4.79. The highest BCUT2D eigenvalue weighted by atomic mass is 19.1. The van der Waals surface area contributed by atoms with E-state index in [1.807, 2.05) is 19.9 Å². The lowest BCUT2D eigenvalue weighted by Crippen LogP contribution is -2.39. The van der Waals surface area contributed by atoms with Crippen LogP contribution in [0.15, 0.2) is 36.5 Å². The fourth-order valence-electron chi connectivity index (χ4n) is 3.05. The molecule has 1 amide bonds. The highest BCUT2D eigenvalue weighted by Crippen LogP contribution is 2.31. The number of hydrogen-bond donors (Lipinski definition) is 2. The molecular formula is C22H27FN4O3. The molecule has 0 aliphatic carbocycles. The van der Waals surface area contributed by atoms with E-state index in [0.29, 0.717) is 28.0 Å². The Morgan fingerprint density at radius 1 is 1.20 bits per heavy atom. The summed E-state index contributed by atoms with van der Waals surface area (Å²) >= 11 is 0. The van der Waals surface area contributed by atoms with E-state index in [9.17, 15) is 14.3 Å². The van der Waals surface area contributed by atoms with Gasteiger partial charge in [0, 0.05) is 24.7 Å². The summed E-state index contributed by atoms with van der Waals surface area (Å²) in [6, 6.07) is 8.41. The number of rotatable bonds is 7. The second-order valence-corrected chi connectivity index (χ2v) is 7.67. The Hall–Kier alpha value is -3.00. The standard InChI is InChI=1S/C22H27FN4O3/c1-12(2)27-19-10-17(22(29)25-13(3)14(4)28)11-24-21(19)20(26-27)16-7-6-8-18(9-16)30-15(5)23/h6-15,28H,1-5H3,(H,25,29)/t13-,14+,15?/m1/s1. The van der Waals surface area contributed by atoms with Crippen LogP contribution in [0.4, 0.5) is 4.39 Å². The van der Waals surface area contributed by atoms with Crippen molar-refractivity contribution in [1.29, 1.82) is 0 Å². The minimum Gasteiger partial charge on any atom is -0.461 e. The molecule has 3 rings (SSSR count). The molecule has 0 aliphatic heterocycles. The zero-order valence-electron chi connectivity index (χ0n) is 17.8. The fourth-order valence-corrected chi connectivity index (χ4v) is 3.05. The molecule has 160 valence electrons. The average Bonchev–Trinajstić information content (AvgIpc) is 3.06. The maximum absolute atomic E-state index is 13.2. The van der Waals surface area contributed by atoms with Crippen LogP contribution in [0, 0.1) is 0 Å². The number of hydrogen-bond acceptors (Lipinski definition) is 5. The minimum atomic E-state index is -1.42. The number of pyridine rings is 1. The van der Waals surface area contributed by atoms with Gasteiger partial charge in [-0.15, -0.1) is 0 Å². The van der Waals surface area contributed by atoms with Gasteiger partial charge in [-0.2, -0.15) is 5.10 Å². The monoisotopic (exact) mass is 414 g/mol. The maximum atomic E-state index is 13.2. The van der Waals surface area contributed by atoms with Crippen molar-refractivity contribution in [3.8, 4) is 17.0 Å². The first-order valence-corrected chi connectivity index (χ1v) is 9.95. The smallest absolute Gasteiger partial charge is 0.253 e. The Kier molecular flexibility index (Phi) is 6.36. The van der Waals surface area contributed by atoms with E-state index in [4.69, 9.17) is 9.84 Å². The Balaban J connectivity index is 2.05. The first kappa shape index (κ1) is 21.7. The van der Waals surface area contributed by atoms with Crippen LogP contribution in [0.2, 0.25) is 0 Å². The van der Waals surface area contributed by atoms with Gasteiger partial charge in [-0.3, -0.25) is 14.5 Å². The van der Waals surface area contributed by atoms with Crippen molar-refractivity contribution < 1.29 is 19.0 Å². The summed E-state index contributed by atoms with van der Waals surface area (Å²) in [6.07, 6.45) is -0.597. The molecule has 1 aromatic carbocycles. The van der Waals surface area contributed by atoms with Crippen molar-refractivity contribution in [3.63, 3.8) is 0 Å². The highest BCUT2D eigenvalue weighted by Gasteiger charge is 2.20. The van der Waals surface area contributed by atoms with Crippen LogP contribution in [0.1, 0.15) is 51.0 Å². The van der Waals surface area contributed by atoms with E-state index in [0.717, 1.165) is 5.56 Å². The number of benzene rings is 1. The van der Waals surface area contributed by atoms with Gasteiger partial charge < -0.3 is 15.2 Å². The van der Waals surface area contributed by atoms with Crippen molar-refractivity contribution in [2.75, 3.05) is 0 Å². The lowest BCUT2D eigenvalue weighted by atomic mass is 10.1. The summed E-state index contributed by atoms with van der Waals surface area (Å²) in [4.78, 5) is 17.1. The van der Waals surface area contributed by atoms with Crippen LogP contribution in [0.25, 0.3) is 22.3 Å². The molecule has 3 aromatic rings. The molecule has 7 nitrogen and oxygen atoms in total. The normalized spacial score (nSPS) is 14.5. The number of carbonyl (C=O) groups excluding carboxylic acids is 1. The van der Waals surface area contributed by atoms with Crippen LogP contribution in [0.5, 0.6) is 5.75 Å². The summed E-state index contributed by atoms with van der Waals surface area (Å²) in [5.74, 6) is 0.0843. The van der Waals surface area contributed by atoms with Gasteiger partial charge in [-0.05, 0) is 45.9 Å². The Morgan fingerprint density at radius 2 is 1.93 bits per heavy atom. The van der Waals surface area contributed by atoms with Gasteiger partial charge in [0.15, 0.2) is 0 Å². The van der Waals surface area contributed by atoms with Gasteiger partial charge in [-0.25, -0.2) is 4.39 Å². The molecule has 2 aromatic heterocycles. The number of aromatic nitrogens is 3. The van der Waals surface area contributed by atoms with Crippen LogP contribution in [-0.2, 0) is 0 Å². The van der Waals surface area contributed by atoms with Crippen molar-refractivity contribution in [3.05, 3.63) is 42.1 Å². The van der Waals surface area contributed by atoms with Gasteiger partial charge in [-0.1, -0.05) is 12.1 Å². The lowest BCUT2D eigenvalue weighted by molar-refractivity contribution is 0.0859. The molecule has 0 radical (unpaired) electrons. The second-order valence-electron chi connectivity index (χ2n) is 7.67. The number of halogens is 1. The molecule has 0 saturated heterocycles. The number of nitrogens with zero attached hydrogens (tertiary/aromatic N) is 3. The Morgan fingerprint density at radius 3 is 2.57 bits per heavy atom. The SMILES string of the molecule is CC(F)Oc1cccc(-c2nn(C(C)C)c3cc(C(=O)N[C@H](C)[C@H](C)O)cnc23)c1. The zero-order valence-corrected chi connectivity index (χ0v) is 17.8. The number of aliphatic hydroxyl groups excluding tert-OH is 1. The van der Waals surface area contributed by atoms with Crippen molar-refractivity contribution in [2.45, 2.75) is 59.2 Å². The van der Waals surface area contributed by atoms with E-state index in [1.54, 1.807) is 42.8 Å². The average molecular weight is 414 g/mol. The van der Waals surface area contributed by atoms with Gasteiger partial charge in [0.25, 0.3) is 5.91 Å². The van der Waals surface area contributed by atoms with E-state index in [-0.39, 0.29) is 18.0 Å². The fraction of sp³-hybridized carbons (Fsp3) is 0.409. The largest absolute Gasteiger partial charge is 0.461 e. The Labute approximate surface area is 174 Å². The van der Waals surface area contributed by atoms with Crippen molar-refractivity contribution >= 4 is 16.9 Å². The van der Waals surface area contributed by atoms with E-state index < -0.39 is 12.5 Å². The third-order valence-electron chi connectivity index (χ3n) is 4.79. The van der Waals surface area contributed by atoms with E-state index in [1.165, 1.54) is 13.1 Å². The molecule has 1 unspecified atom stereocenters. The van der Waals surface area contributed by atoms with Crippen molar-refractivity contribution in [1.82, 2.24) is 20.1 Å². The number of aliphatic hydroxyl groups is 1. The van der Waals surface area contributed by atoms with Gasteiger partial charge in [0.05, 0.1) is 23.2 Å². The summed E-state index contributed by atoms with van der Waals surface area (Å²) in [7, 11) is 0. The van der Waals surface area contributed by atoms with Crippen LogP contribution >= 0.6 is 0 Å². The predicted octanol–water partition coefficient (Wildman–Crippen LogP) is 3.87. The second kappa shape index (κ2) is 8.79. The molecule has 0 fully saturated rings. The summed E-state index contributed by atoms with van der Waals surface area (Å²) in [5.41, 5.74) is 3.09. The molecule has 2 heterocycles.